The van der Waals surface area contributed by atoms with Gasteiger partial charge in [0.2, 0.25) is 0 Å². The second-order valence-corrected chi connectivity index (χ2v) is 5.32. The van der Waals surface area contributed by atoms with Gasteiger partial charge in [-0.1, -0.05) is 48.5 Å². The number of hydrogen-bond donors (Lipinski definition) is 1. The number of fused-ring (bicyclic) bond motifs is 1. The molecule has 2 aromatic carbocycles. The summed E-state index contributed by atoms with van der Waals surface area (Å²) in [6, 6.07) is 21.5. The van der Waals surface area contributed by atoms with Crippen molar-refractivity contribution >= 4 is 10.8 Å². The van der Waals surface area contributed by atoms with E-state index in [1.165, 1.54) is 16.3 Å². The van der Waals surface area contributed by atoms with Crippen molar-refractivity contribution in [2.45, 2.75) is 19.4 Å². The molecular weight excluding hydrogens is 256 g/mol. The average Bonchev–Trinajstić information content (AvgIpc) is 2.55. The van der Waals surface area contributed by atoms with Crippen LogP contribution in [0, 0.1) is 0 Å². The fourth-order valence-corrected chi connectivity index (χ4v) is 2.70. The van der Waals surface area contributed by atoms with Crippen LogP contribution in [0.25, 0.3) is 10.8 Å². The fourth-order valence-electron chi connectivity index (χ4n) is 2.70. The molecule has 2 heteroatoms. The Hall–Kier alpha value is -2.19. The van der Waals surface area contributed by atoms with Crippen molar-refractivity contribution in [1.29, 1.82) is 0 Å². The molecule has 0 aliphatic heterocycles. The van der Waals surface area contributed by atoms with Gasteiger partial charge < -0.3 is 5.32 Å². The molecule has 0 radical (unpaired) electrons. The molecular formula is C19H20N2. The first kappa shape index (κ1) is 13.8. The average molecular weight is 276 g/mol. The molecule has 3 aromatic rings. The molecule has 1 heterocycles. The Morgan fingerprint density at radius 1 is 0.952 bits per heavy atom. The SMILES string of the molecule is CC(NCCc1ccccn1)c1cccc2ccccc12. The number of hydrogen-bond acceptors (Lipinski definition) is 2. The number of rotatable bonds is 5. The van der Waals surface area contributed by atoms with E-state index in [9.17, 15) is 0 Å². The standard InChI is InChI=1S/C19H20N2/c1-15(20-14-12-17-9-4-5-13-21-17)18-11-6-8-16-7-2-3-10-19(16)18/h2-11,13,15,20H,12,14H2,1H3. The van der Waals surface area contributed by atoms with Crippen molar-refractivity contribution < 1.29 is 0 Å². The highest BCUT2D eigenvalue weighted by Crippen LogP contribution is 2.23. The molecule has 0 bridgehead atoms. The van der Waals surface area contributed by atoms with E-state index in [2.05, 4.69) is 65.8 Å². The lowest BCUT2D eigenvalue weighted by Crippen LogP contribution is -2.21. The highest BCUT2D eigenvalue weighted by atomic mass is 14.9. The third-order valence-electron chi connectivity index (χ3n) is 3.85. The molecule has 1 unspecified atom stereocenters. The minimum absolute atomic E-state index is 0.333. The summed E-state index contributed by atoms with van der Waals surface area (Å²) >= 11 is 0. The molecule has 0 fully saturated rings. The van der Waals surface area contributed by atoms with Crippen molar-refractivity contribution in [3.63, 3.8) is 0 Å². The van der Waals surface area contributed by atoms with Gasteiger partial charge in [0.15, 0.2) is 0 Å². The van der Waals surface area contributed by atoms with Crippen LogP contribution in [-0.2, 0) is 6.42 Å². The van der Waals surface area contributed by atoms with E-state index in [0.717, 1.165) is 18.7 Å². The van der Waals surface area contributed by atoms with Crippen molar-refractivity contribution in [2.75, 3.05) is 6.54 Å². The first-order valence-electron chi connectivity index (χ1n) is 7.45. The van der Waals surface area contributed by atoms with Crippen molar-refractivity contribution in [2.24, 2.45) is 0 Å². The van der Waals surface area contributed by atoms with Crippen LogP contribution in [0.1, 0.15) is 24.2 Å². The summed E-state index contributed by atoms with van der Waals surface area (Å²) in [6.07, 6.45) is 2.80. The predicted octanol–water partition coefficient (Wildman–Crippen LogP) is 4.13. The lowest BCUT2D eigenvalue weighted by atomic mass is 9.99. The highest BCUT2D eigenvalue weighted by molar-refractivity contribution is 5.86. The monoisotopic (exact) mass is 276 g/mol. The second kappa shape index (κ2) is 6.51. The zero-order valence-corrected chi connectivity index (χ0v) is 12.3. The number of nitrogens with one attached hydrogen (secondary N) is 1. The zero-order valence-electron chi connectivity index (χ0n) is 12.3. The normalized spacial score (nSPS) is 12.4. The van der Waals surface area contributed by atoms with E-state index in [4.69, 9.17) is 0 Å². The maximum atomic E-state index is 4.36. The molecule has 106 valence electrons. The van der Waals surface area contributed by atoms with Crippen LogP contribution in [0.2, 0.25) is 0 Å². The minimum atomic E-state index is 0.333. The summed E-state index contributed by atoms with van der Waals surface area (Å²) in [5.41, 5.74) is 2.49. The first-order valence-corrected chi connectivity index (χ1v) is 7.45. The third-order valence-corrected chi connectivity index (χ3v) is 3.85. The predicted molar refractivity (Wildman–Crippen MR) is 88.3 cm³/mol. The van der Waals surface area contributed by atoms with Crippen LogP contribution >= 0.6 is 0 Å². The van der Waals surface area contributed by atoms with Gasteiger partial charge in [-0.05, 0) is 35.4 Å². The zero-order chi connectivity index (χ0) is 14.5. The number of nitrogens with zero attached hydrogens (tertiary/aromatic N) is 1. The summed E-state index contributed by atoms with van der Waals surface area (Å²) in [4.78, 5) is 4.36. The molecule has 0 aliphatic carbocycles. The molecule has 0 saturated carbocycles. The Bertz CT molecular complexity index is 702. The van der Waals surface area contributed by atoms with E-state index in [0.29, 0.717) is 6.04 Å². The Labute approximate surface area is 125 Å². The molecule has 0 saturated heterocycles. The van der Waals surface area contributed by atoms with E-state index < -0.39 is 0 Å². The summed E-state index contributed by atoms with van der Waals surface area (Å²) in [6.45, 7) is 3.15. The van der Waals surface area contributed by atoms with Crippen molar-refractivity contribution in [3.05, 3.63) is 78.1 Å². The van der Waals surface area contributed by atoms with Gasteiger partial charge in [0.1, 0.15) is 0 Å². The molecule has 3 rings (SSSR count). The molecule has 0 amide bonds. The number of aromatic nitrogens is 1. The molecule has 0 aliphatic rings. The van der Waals surface area contributed by atoms with Crippen molar-refractivity contribution in [3.8, 4) is 0 Å². The van der Waals surface area contributed by atoms with Crippen LogP contribution in [0.15, 0.2) is 66.9 Å². The third kappa shape index (κ3) is 3.29. The maximum Gasteiger partial charge on any atom is 0.0416 e. The van der Waals surface area contributed by atoms with Gasteiger partial charge in [0.05, 0.1) is 0 Å². The van der Waals surface area contributed by atoms with Crippen LogP contribution in [0.3, 0.4) is 0 Å². The molecule has 0 spiro atoms. The summed E-state index contributed by atoms with van der Waals surface area (Å²) < 4.78 is 0. The first-order chi connectivity index (χ1) is 10.3. The van der Waals surface area contributed by atoms with Gasteiger partial charge in [-0.15, -0.1) is 0 Å². The Morgan fingerprint density at radius 3 is 2.62 bits per heavy atom. The lowest BCUT2D eigenvalue weighted by Gasteiger charge is -2.16. The van der Waals surface area contributed by atoms with Gasteiger partial charge >= 0.3 is 0 Å². The highest BCUT2D eigenvalue weighted by Gasteiger charge is 2.08. The van der Waals surface area contributed by atoms with E-state index in [-0.39, 0.29) is 0 Å². The Balaban J connectivity index is 1.68. The quantitative estimate of drug-likeness (QED) is 0.758. The Kier molecular flexibility index (Phi) is 4.27. The number of pyridine rings is 1. The Morgan fingerprint density at radius 2 is 1.76 bits per heavy atom. The molecule has 1 aromatic heterocycles. The van der Waals surface area contributed by atoms with E-state index >= 15 is 0 Å². The number of benzene rings is 2. The van der Waals surface area contributed by atoms with Gasteiger partial charge in [0.25, 0.3) is 0 Å². The van der Waals surface area contributed by atoms with Crippen LogP contribution < -0.4 is 5.32 Å². The fraction of sp³-hybridized carbons (Fsp3) is 0.211. The van der Waals surface area contributed by atoms with E-state index in [1.54, 1.807) is 0 Å². The summed E-state index contributed by atoms with van der Waals surface area (Å²) in [7, 11) is 0. The van der Waals surface area contributed by atoms with Gasteiger partial charge in [-0.3, -0.25) is 4.98 Å². The van der Waals surface area contributed by atoms with Gasteiger partial charge in [0, 0.05) is 30.9 Å². The van der Waals surface area contributed by atoms with Crippen molar-refractivity contribution in [1.82, 2.24) is 10.3 Å². The van der Waals surface area contributed by atoms with Gasteiger partial charge in [-0.2, -0.15) is 0 Å². The lowest BCUT2D eigenvalue weighted by molar-refractivity contribution is 0.577. The topological polar surface area (TPSA) is 24.9 Å². The summed E-state index contributed by atoms with van der Waals surface area (Å²) in [5, 5.41) is 6.23. The molecule has 2 nitrogen and oxygen atoms in total. The smallest absolute Gasteiger partial charge is 0.0416 e. The molecule has 1 atom stereocenters. The maximum absolute atomic E-state index is 4.36. The second-order valence-electron chi connectivity index (χ2n) is 5.32. The van der Waals surface area contributed by atoms with Crippen LogP contribution in [0.4, 0.5) is 0 Å². The molecule has 1 N–H and O–H groups in total. The minimum Gasteiger partial charge on any atom is -0.310 e. The van der Waals surface area contributed by atoms with Crippen LogP contribution in [0.5, 0.6) is 0 Å². The molecule has 21 heavy (non-hydrogen) atoms. The van der Waals surface area contributed by atoms with Crippen LogP contribution in [-0.4, -0.2) is 11.5 Å². The van der Waals surface area contributed by atoms with Gasteiger partial charge in [-0.25, -0.2) is 0 Å². The van der Waals surface area contributed by atoms with E-state index in [1.807, 2.05) is 18.3 Å². The largest absolute Gasteiger partial charge is 0.310 e. The summed E-state index contributed by atoms with van der Waals surface area (Å²) in [5.74, 6) is 0.